The Balaban J connectivity index is 1.54. The van der Waals surface area contributed by atoms with Gasteiger partial charge in [0.1, 0.15) is 11.6 Å². The molecule has 0 saturated carbocycles. The number of carbonyl (C=O) groups is 1. The van der Waals surface area contributed by atoms with E-state index in [1.807, 2.05) is 18.2 Å². The molecule has 0 spiro atoms. The van der Waals surface area contributed by atoms with Gasteiger partial charge >= 0.3 is 0 Å². The van der Waals surface area contributed by atoms with Gasteiger partial charge in [0.25, 0.3) is 5.91 Å². The number of amides is 1. The van der Waals surface area contributed by atoms with Gasteiger partial charge in [-0.15, -0.1) is 0 Å². The van der Waals surface area contributed by atoms with Crippen LogP contribution in [-0.4, -0.2) is 22.4 Å². The van der Waals surface area contributed by atoms with Crippen LogP contribution < -0.4 is 10.6 Å². The second kappa shape index (κ2) is 8.71. The monoisotopic (exact) mass is 350 g/mol. The molecule has 0 unspecified atom stereocenters. The van der Waals surface area contributed by atoms with Crippen molar-refractivity contribution in [3.8, 4) is 0 Å². The second-order valence-electron chi connectivity index (χ2n) is 5.74. The highest BCUT2D eigenvalue weighted by molar-refractivity contribution is 5.94. The third kappa shape index (κ3) is 4.86. The number of nitrogens with zero attached hydrogens (tertiary/aromatic N) is 2. The lowest BCUT2D eigenvalue weighted by Crippen LogP contribution is -2.23. The zero-order valence-corrected chi connectivity index (χ0v) is 14.2. The highest BCUT2D eigenvalue weighted by Crippen LogP contribution is 2.10. The van der Waals surface area contributed by atoms with Crippen molar-refractivity contribution in [2.45, 2.75) is 13.0 Å². The van der Waals surface area contributed by atoms with Crippen LogP contribution in [0.3, 0.4) is 0 Å². The number of halogens is 1. The van der Waals surface area contributed by atoms with E-state index in [1.165, 1.54) is 6.07 Å². The van der Waals surface area contributed by atoms with Crippen LogP contribution in [-0.2, 0) is 13.0 Å². The Morgan fingerprint density at radius 1 is 1.04 bits per heavy atom. The quantitative estimate of drug-likeness (QED) is 0.687. The minimum Gasteiger partial charge on any atom is -0.370 e. The van der Waals surface area contributed by atoms with Crippen LogP contribution in [0.2, 0.25) is 0 Å². The number of anilines is 1. The van der Waals surface area contributed by atoms with Crippen molar-refractivity contribution in [2.24, 2.45) is 0 Å². The molecule has 3 aromatic rings. The van der Waals surface area contributed by atoms with E-state index in [9.17, 15) is 9.18 Å². The SMILES string of the molecule is O=C(NCc1ccncc1)c1ccnc(NCCc2ccccc2F)c1. The molecule has 2 N–H and O–H groups in total. The summed E-state index contributed by atoms with van der Waals surface area (Å²) in [6.07, 6.45) is 5.48. The Morgan fingerprint density at radius 3 is 2.65 bits per heavy atom. The van der Waals surface area contributed by atoms with Gasteiger partial charge < -0.3 is 10.6 Å². The maximum atomic E-state index is 13.6. The molecule has 0 aliphatic rings. The summed E-state index contributed by atoms with van der Waals surface area (Å²) >= 11 is 0. The van der Waals surface area contributed by atoms with Gasteiger partial charge in [-0.05, 0) is 47.9 Å². The molecule has 0 saturated heterocycles. The van der Waals surface area contributed by atoms with Gasteiger partial charge in [-0.1, -0.05) is 18.2 Å². The lowest BCUT2D eigenvalue weighted by molar-refractivity contribution is 0.0951. The molecule has 3 rings (SSSR count). The number of carbonyl (C=O) groups excluding carboxylic acids is 1. The average Bonchev–Trinajstić information content (AvgIpc) is 2.69. The third-order valence-electron chi connectivity index (χ3n) is 3.88. The Labute approximate surface area is 151 Å². The van der Waals surface area contributed by atoms with Crippen LogP contribution in [0, 0.1) is 5.82 Å². The van der Waals surface area contributed by atoms with E-state index < -0.39 is 0 Å². The number of hydrogen-bond donors (Lipinski definition) is 2. The molecule has 5 nitrogen and oxygen atoms in total. The molecule has 0 aliphatic heterocycles. The number of benzene rings is 1. The molecule has 0 aliphatic carbocycles. The smallest absolute Gasteiger partial charge is 0.251 e. The molecule has 2 heterocycles. The zero-order valence-electron chi connectivity index (χ0n) is 14.2. The van der Waals surface area contributed by atoms with Crippen molar-refractivity contribution < 1.29 is 9.18 Å². The highest BCUT2D eigenvalue weighted by atomic mass is 19.1. The van der Waals surface area contributed by atoms with Gasteiger partial charge in [0, 0.05) is 37.2 Å². The van der Waals surface area contributed by atoms with E-state index in [2.05, 4.69) is 20.6 Å². The van der Waals surface area contributed by atoms with E-state index in [4.69, 9.17) is 0 Å². The molecule has 0 radical (unpaired) electrons. The van der Waals surface area contributed by atoms with Gasteiger partial charge in [-0.2, -0.15) is 0 Å². The van der Waals surface area contributed by atoms with Crippen LogP contribution in [0.25, 0.3) is 0 Å². The van der Waals surface area contributed by atoms with Crippen molar-refractivity contribution in [1.82, 2.24) is 15.3 Å². The zero-order chi connectivity index (χ0) is 18.2. The van der Waals surface area contributed by atoms with Crippen LogP contribution in [0.5, 0.6) is 0 Å². The summed E-state index contributed by atoms with van der Waals surface area (Å²) in [4.78, 5) is 20.4. The average molecular weight is 350 g/mol. The predicted molar refractivity (Wildman–Crippen MR) is 98.2 cm³/mol. The summed E-state index contributed by atoms with van der Waals surface area (Å²) in [5, 5.41) is 5.98. The van der Waals surface area contributed by atoms with Crippen molar-refractivity contribution in [3.05, 3.63) is 89.6 Å². The number of pyridine rings is 2. The molecule has 2 aromatic heterocycles. The van der Waals surface area contributed by atoms with E-state index in [-0.39, 0.29) is 11.7 Å². The first-order valence-electron chi connectivity index (χ1n) is 8.33. The summed E-state index contributed by atoms with van der Waals surface area (Å²) in [6.45, 7) is 0.954. The summed E-state index contributed by atoms with van der Waals surface area (Å²) in [5.41, 5.74) is 2.14. The minimum absolute atomic E-state index is 0.179. The molecule has 0 bridgehead atoms. The maximum Gasteiger partial charge on any atom is 0.251 e. The number of aromatic nitrogens is 2. The Morgan fingerprint density at radius 2 is 1.85 bits per heavy atom. The van der Waals surface area contributed by atoms with Gasteiger partial charge in [-0.25, -0.2) is 9.37 Å². The minimum atomic E-state index is -0.216. The van der Waals surface area contributed by atoms with Crippen LogP contribution in [0.4, 0.5) is 10.2 Å². The summed E-state index contributed by atoms with van der Waals surface area (Å²) in [6, 6.07) is 13.7. The molecule has 132 valence electrons. The largest absolute Gasteiger partial charge is 0.370 e. The fourth-order valence-corrected chi connectivity index (χ4v) is 2.48. The van der Waals surface area contributed by atoms with Crippen LogP contribution in [0.15, 0.2) is 67.1 Å². The number of nitrogens with one attached hydrogen (secondary N) is 2. The molecule has 26 heavy (non-hydrogen) atoms. The van der Waals surface area contributed by atoms with E-state index in [0.717, 1.165) is 5.56 Å². The first-order chi connectivity index (χ1) is 12.7. The van der Waals surface area contributed by atoms with E-state index in [1.54, 1.807) is 42.9 Å². The van der Waals surface area contributed by atoms with Crippen molar-refractivity contribution in [3.63, 3.8) is 0 Å². The Kier molecular flexibility index (Phi) is 5.88. The molecule has 0 atom stereocenters. The van der Waals surface area contributed by atoms with Gasteiger partial charge in [0.05, 0.1) is 0 Å². The molecular formula is C20H19FN4O. The number of rotatable bonds is 7. The highest BCUT2D eigenvalue weighted by Gasteiger charge is 2.07. The van der Waals surface area contributed by atoms with Gasteiger partial charge in [0.15, 0.2) is 0 Å². The molecular weight excluding hydrogens is 331 g/mol. The predicted octanol–water partition coefficient (Wildman–Crippen LogP) is 3.20. The first-order valence-corrected chi connectivity index (χ1v) is 8.33. The van der Waals surface area contributed by atoms with Gasteiger partial charge in [0.2, 0.25) is 0 Å². The van der Waals surface area contributed by atoms with Crippen molar-refractivity contribution in [1.29, 1.82) is 0 Å². The fourth-order valence-electron chi connectivity index (χ4n) is 2.48. The first kappa shape index (κ1) is 17.5. The van der Waals surface area contributed by atoms with Gasteiger partial charge in [-0.3, -0.25) is 9.78 Å². The normalized spacial score (nSPS) is 10.3. The lowest BCUT2D eigenvalue weighted by atomic mass is 10.1. The van der Waals surface area contributed by atoms with E-state index in [0.29, 0.717) is 36.5 Å². The third-order valence-corrected chi connectivity index (χ3v) is 3.88. The topological polar surface area (TPSA) is 66.9 Å². The molecule has 1 aromatic carbocycles. The second-order valence-corrected chi connectivity index (χ2v) is 5.74. The lowest BCUT2D eigenvalue weighted by Gasteiger charge is -2.09. The van der Waals surface area contributed by atoms with Crippen molar-refractivity contribution in [2.75, 3.05) is 11.9 Å². The van der Waals surface area contributed by atoms with E-state index >= 15 is 0 Å². The van der Waals surface area contributed by atoms with Crippen LogP contribution in [0.1, 0.15) is 21.5 Å². The Hall–Kier alpha value is -3.28. The molecule has 0 fully saturated rings. The molecule has 6 heteroatoms. The summed E-state index contributed by atoms with van der Waals surface area (Å²) in [5.74, 6) is 0.186. The van der Waals surface area contributed by atoms with Crippen molar-refractivity contribution >= 4 is 11.7 Å². The number of hydrogen-bond acceptors (Lipinski definition) is 4. The molecule has 1 amide bonds. The fraction of sp³-hybridized carbons (Fsp3) is 0.150. The Bertz CT molecular complexity index is 870. The standard InChI is InChI=1S/C20H19FN4O/c21-18-4-2-1-3-16(18)7-11-23-19-13-17(8-12-24-19)20(26)25-14-15-5-9-22-10-6-15/h1-6,8-10,12-13H,7,11,14H2,(H,23,24)(H,25,26). The maximum absolute atomic E-state index is 13.6. The summed E-state index contributed by atoms with van der Waals surface area (Å²) in [7, 11) is 0. The summed E-state index contributed by atoms with van der Waals surface area (Å²) < 4.78 is 13.6. The van der Waals surface area contributed by atoms with Crippen LogP contribution >= 0.6 is 0 Å².